The number of nitrogens with one attached hydrogen (secondary N) is 1. The molecule has 0 radical (unpaired) electrons. The van der Waals surface area contributed by atoms with Gasteiger partial charge in [-0.3, -0.25) is 4.98 Å². The van der Waals surface area contributed by atoms with Gasteiger partial charge in [-0.2, -0.15) is 10.5 Å². The molecule has 4 heteroatoms. The van der Waals surface area contributed by atoms with E-state index in [1.165, 1.54) is 32.7 Å². The lowest BCUT2D eigenvalue weighted by atomic mass is 9.85. The molecule has 0 fully saturated rings. The monoisotopic (exact) mass is 536 g/mol. The summed E-state index contributed by atoms with van der Waals surface area (Å²) in [7, 11) is 0. The van der Waals surface area contributed by atoms with Crippen LogP contribution < -0.4 is 5.32 Å². The largest absolute Gasteiger partial charge is 0.386 e. The maximum atomic E-state index is 9.45. The van der Waals surface area contributed by atoms with E-state index in [-0.39, 0.29) is 0 Å². The van der Waals surface area contributed by atoms with Crippen molar-refractivity contribution in [3.8, 4) is 45.5 Å². The Balaban J connectivity index is 1.46. The molecule has 0 atom stereocenters. The summed E-state index contributed by atoms with van der Waals surface area (Å²) >= 11 is 0. The Morgan fingerprint density at radius 2 is 1.14 bits per heavy atom. The van der Waals surface area contributed by atoms with E-state index < -0.39 is 0 Å². The summed E-state index contributed by atoms with van der Waals surface area (Å²) in [6.07, 6.45) is 7.33. The summed E-state index contributed by atoms with van der Waals surface area (Å²) in [6, 6.07) is 40.6. The molecule has 4 nitrogen and oxygen atoms in total. The summed E-state index contributed by atoms with van der Waals surface area (Å²) in [5.74, 6) is 0. The molecule has 7 rings (SSSR count). The van der Waals surface area contributed by atoms with Crippen LogP contribution in [0, 0.1) is 22.7 Å². The van der Waals surface area contributed by atoms with Gasteiger partial charge in [-0.15, -0.1) is 0 Å². The van der Waals surface area contributed by atoms with Crippen molar-refractivity contribution in [2.75, 3.05) is 6.54 Å². The van der Waals surface area contributed by atoms with E-state index >= 15 is 0 Å². The second kappa shape index (κ2) is 10.5. The molecule has 0 saturated carbocycles. The minimum absolute atomic E-state index is 0.541. The van der Waals surface area contributed by atoms with E-state index in [4.69, 9.17) is 0 Å². The highest BCUT2D eigenvalue weighted by molar-refractivity contribution is 6.21. The second-order valence-corrected chi connectivity index (χ2v) is 10.3. The second-order valence-electron chi connectivity index (χ2n) is 10.3. The van der Waals surface area contributed by atoms with Crippen LogP contribution in [0.2, 0.25) is 0 Å². The number of pyridine rings is 1. The summed E-state index contributed by atoms with van der Waals surface area (Å²) in [6.45, 7) is 0.553. The number of hydrogen-bond acceptors (Lipinski definition) is 4. The van der Waals surface area contributed by atoms with Gasteiger partial charge in [0.2, 0.25) is 0 Å². The van der Waals surface area contributed by atoms with Crippen LogP contribution in [0.5, 0.6) is 0 Å². The number of rotatable bonds is 4. The van der Waals surface area contributed by atoms with Crippen LogP contribution in [0.25, 0.3) is 60.5 Å². The molecule has 1 aliphatic rings. The Morgan fingerprint density at radius 3 is 1.74 bits per heavy atom. The lowest BCUT2D eigenvalue weighted by Gasteiger charge is -2.19. The molecule has 1 aromatic heterocycles. The van der Waals surface area contributed by atoms with Crippen LogP contribution in [0.1, 0.15) is 11.1 Å². The number of aromatic nitrogens is 1. The number of nitriles is 2. The zero-order chi connectivity index (χ0) is 28.5. The van der Waals surface area contributed by atoms with Gasteiger partial charge >= 0.3 is 0 Å². The van der Waals surface area contributed by atoms with Crippen LogP contribution >= 0.6 is 0 Å². The first-order chi connectivity index (χ1) is 20.7. The van der Waals surface area contributed by atoms with Crippen LogP contribution in [-0.4, -0.2) is 11.5 Å². The molecule has 2 heterocycles. The van der Waals surface area contributed by atoms with Crippen molar-refractivity contribution in [2.24, 2.45) is 0 Å². The van der Waals surface area contributed by atoms with E-state index in [1.54, 1.807) is 12.4 Å². The lowest BCUT2D eigenvalue weighted by Crippen LogP contribution is -2.13. The molecule has 0 amide bonds. The number of benzene rings is 5. The van der Waals surface area contributed by atoms with Gasteiger partial charge in [0.15, 0.2) is 0 Å². The molecular weight excluding hydrogens is 512 g/mol. The van der Waals surface area contributed by atoms with E-state index in [1.807, 2.05) is 18.3 Å². The minimum Gasteiger partial charge on any atom is -0.386 e. The number of hydrogen-bond donors (Lipinski definition) is 1. The van der Waals surface area contributed by atoms with E-state index in [0.717, 1.165) is 39.0 Å². The quantitative estimate of drug-likeness (QED) is 0.229. The van der Waals surface area contributed by atoms with Crippen LogP contribution in [0.4, 0.5) is 0 Å². The molecule has 0 spiro atoms. The van der Waals surface area contributed by atoms with Crippen LogP contribution in [0.15, 0.2) is 133 Å². The standard InChI is InChI=1S/C38H24N4/c39-19-25-15-31(23-41-21-25)27-7-5-9-29(17-27)37-33-11-1-2-12-34(33)38(36-14-4-3-13-35(36)37)30-10-6-8-28(18-30)32-16-26(20-40)22-42-24-32/h1-18,21,23-24,42H,22H2. The molecule has 0 bridgehead atoms. The average molecular weight is 537 g/mol. The van der Waals surface area contributed by atoms with Gasteiger partial charge in [0.05, 0.1) is 11.6 Å². The van der Waals surface area contributed by atoms with Gasteiger partial charge in [0.1, 0.15) is 6.07 Å². The first kappa shape index (κ1) is 25.0. The fraction of sp³-hybridized carbons (Fsp3) is 0.0263. The van der Waals surface area contributed by atoms with Crippen molar-refractivity contribution in [3.05, 3.63) is 144 Å². The third-order valence-corrected chi connectivity index (χ3v) is 7.79. The lowest BCUT2D eigenvalue weighted by molar-refractivity contribution is 0.948. The minimum atomic E-state index is 0.541. The number of dihydropyridines is 1. The topological polar surface area (TPSA) is 72.5 Å². The molecule has 196 valence electrons. The van der Waals surface area contributed by atoms with Crippen molar-refractivity contribution in [2.45, 2.75) is 0 Å². The predicted octanol–water partition coefficient (Wildman–Crippen LogP) is 8.65. The fourth-order valence-corrected chi connectivity index (χ4v) is 5.91. The highest BCUT2D eigenvalue weighted by Crippen LogP contribution is 2.44. The third kappa shape index (κ3) is 4.38. The summed E-state index contributed by atoms with van der Waals surface area (Å²) in [5.41, 5.74) is 9.83. The van der Waals surface area contributed by atoms with Crippen molar-refractivity contribution < 1.29 is 0 Å². The smallest absolute Gasteiger partial charge is 0.101 e. The Hall–Kier alpha value is -5.97. The first-order valence-corrected chi connectivity index (χ1v) is 13.8. The zero-order valence-corrected chi connectivity index (χ0v) is 22.7. The van der Waals surface area contributed by atoms with Crippen molar-refractivity contribution in [1.29, 1.82) is 10.5 Å². The van der Waals surface area contributed by atoms with Gasteiger partial charge < -0.3 is 5.32 Å². The molecule has 1 aliphatic heterocycles. The molecule has 0 unspecified atom stereocenters. The maximum absolute atomic E-state index is 9.45. The molecule has 0 saturated heterocycles. The van der Waals surface area contributed by atoms with Gasteiger partial charge in [-0.25, -0.2) is 0 Å². The average Bonchev–Trinajstić information content (AvgIpc) is 3.07. The summed E-state index contributed by atoms with van der Waals surface area (Å²) < 4.78 is 0. The normalized spacial score (nSPS) is 12.6. The van der Waals surface area contributed by atoms with E-state index in [0.29, 0.717) is 12.1 Å². The summed E-state index contributed by atoms with van der Waals surface area (Å²) in [5, 5.41) is 26.8. The molecule has 1 N–H and O–H groups in total. The fourth-order valence-electron chi connectivity index (χ4n) is 5.91. The third-order valence-electron chi connectivity index (χ3n) is 7.79. The van der Waals surface area contributed by atoms with E-state index in [2.05, 4.69) is 120 Å². The van der Waals surface area contributed by atoms with Gasteiger partial charge in [0.25, 0.3) is 0 Å². The van der Waals surface area contributed by atoms with Crippen molar-refractivity contribution in [1.82, 2.24) is 10.3 Å². The Bertz CT molecular complexity index is 2120. The number of nitrogens with zero attached hydrogens (tertiary/aromatic N) is 3. The number of fused-ring (bicyclic) bond motifs is 2. The molecular formula is C38H24N4. The van der Waals surface area contributed by atoms with Gasteiger partial charge in [0, 0.05) is 36.3 Å². The predicted molar refractivity (Wildman–Crippen MR) is 170 cm³/mol. The zero-order valence-electron chi connectivity index (χ0n) is 22.7. The van der Waals surface area contributed by atoms with Crippen LogP contribution in [0.3, 0.4) is 0 Å². The molecule has 6 aromatic rings. The van der Waals surface area contributed by atoms with E-state index in [9.17, 15) is 10.5 Å². The SMILES string of the molecule is N#CC1=CC(c2cccc(-c3c4ccccc4c(-c4cccc(-c5cncc(C#N)c5)c4)c4ccccc34)c2)=CNC1. The number of allylic oxidation sites excluding steroid dienone is 2. The highest BCUT2D eigenvalue weighted by Gasteiger charge is 2.18. The van der Waals surface area contributed by atoms with Crippen LogP contribution in [-0.2, 0) is 0 Å². The van der Waals surface area contributed by atoms with Crippen molar-refractivity contribution in [3.63, 3.8) is 0 Å². The van der Waals surface area contributed by atoms with Gasteiger partial charge in [-0.05, 0) is 84.8 Å². The first-order valence-electron chi connectivity index (χ1n) is 13.8. The molecule has 0 aliphatic carbocycles. The Labute approximate surface area is 244 Å². The van der Waals surface area contributed by atoms with Gasteiger partial charge in [-0.1, -0.05) is 84.9 Å². The molecule has 5 aromatic carbocycles. The molecule has 42 heavy (non-hydrogen) atoms. The Kier molecular flexibility index (Phi) is 6.28. The Morgan fingerprint density at radius 1 is 0.571 bits per heavy atom. The maximum Gasteiger partial charge on any atom is 0.101 e. The van der Waals surface area contributed by atoms with Crippen molar-refractivity contribution >= 4 is 27.1 Å². The summed E-state index contributed by atoms with van der Waals surface area (Å²) in [4.78, 5) is 4.28. The highest BCUT2D eigenvalue weighted by atomic mass is 14.8.